The molecule has 0 fully saturated rings. The lowest BCUT2D eigenvalue weighted by Crippen LogP contribution is -2.41. The SMILES string of the molecule is CCN(CC)CCC[C@H](C)N(Cc1ccccc1)C(=O)Nc1ccc(Cl)cc1. The minimum atomic E-state index is -0.0819. The number of nitrogens with one attached hydrogen (secondary N) is 1. The van der Waals surface area contributed by atoms with Gasteiger partial charge < -0.3 is 15.1 Å². The quantitative estimate of drug-likeness (QED) is 0.539. The van der Waals surface area contributed by atoms with E-state index in [2.05, 4.69) is 43.1 Å². The van der Waals surface area contributed by atoms with Gasteiger partial charge in [0, 0.05) is 23.3 Å². The monoisotopic (exact) mass is 401 g/mol. The number of hydrogen-bond acceptors (Lipinski definition) is 2. The summed E-state index contributed by atoms with van der Waals surface area (Å²) in [5, 5.41) is 3.67. The zero-order chi connectivity index (χ0) is 20.4. The third-order valence-corrected chi connectivity index (χ3v) is 5.33. The summed E-state index contributed by atoms with van der Waals surface area (Å²) < 4.78 is 0. The van der Waals surface area contributed by atoms with Crippen LogP contribution in [-0.4, -0.2) is 41.5 Å². The smallest absolute Gasteiger partial charge is 0.318 e. The van der Waals surface area contributed by atoms with Crippen LogP contribution in [0.1, 0.15) is 39.2 Å². The highest BCUT2D eigenvalue weighted by Crippen LogP contribution is 2.17. The van der Waals surface area contributed by atoms with E-state index in [1.807, 2.05) is 35.2 Å². The van der Waals surface area contributed by atoms with Crippen LogP contribution in [0.15, 0.2) is 54.6 Å². The zero-order valence-corrected chi connectivity index (χ0v) is 18.0. The molecule has 2 rings (SSSR count). The molecular formula is C23H32ClN3O. The van der Waals surface area contributed by atoms with Gasteiger partial charge in [0.05, 0.1) is 0 Å². The van der Waals surface area contributed by atoms with E-state index < -0.39 is 0 Å². The normalized spacial score (nSPS) is 12.0. The van der Waals surface area contributed by atoms with Gasteiger partial charge in [0.15, 0.2) is 0 Å². The molecule has 4 nitrogen and oxygen atoms in total. The van der Waals surface area contributed by atoms with Crippen LogP contribution in [0.25, 0.3) is 0 Å². The number of halogens is 1. The van der Waals surface area contributed by atoms with Crippen LogP contribution in [0.3, 0.4) is 0 Å². The third-order valence-electron chi connectivity index (χ3n) is 5.07. The average molecular weight is 402 g/mol. The summed E-state index contributed by atoms with van der Waals surface area (Å²) in [5.74, 6) is 0. The van der Waals surface area contributed by atoms with Gasteiger partial charge in [-0.2, -0.15) is 0 Å². The lowest BCUT2D eigenvalue weighted by atomic mass is 10.1. The van der Waals surface area contributed by atoms with Crippen LogP contribution in [-0.2, 0) is 6.54 Å². The second-order valence-corrected chi connectivity index (χ2v) is 7.51. The minimum absolute atomic E-state index is 0.0819. The summed E-state index contributed by atoms with van der Waals surface area (Å²) in [6.45, 7) is 10.3. The Morgan fingerprint density at radius 1 is 1.04 bits per heavy atom. The number of benzene rings is 2. The van der Waals surface area contributed by atoms with Crippen LogP contribution in [0.5, 0.6) is 0 Å². The first kappa shape index (κ1) is 22.3. The van der Waals surface area contributed by atoms with Crippen molar-refractivity contribution in [3.8, 4) is 0 Å². The molecule has 2 aromatic carbocycles. The molecule has 1 N–H and O–H groups in total. The fourth-order valence-corrected chi connectivity index (χ4v) is 3.37. The zero-order valence-electron chi connectivity index (χ0n) is 17.2. The molecule has 1 atom stereocenters. The molecule has 28 heavy (non-hydrogen) atoms. The molecule has 0 unspecified atom stereocenters. The summed E-state index contributed by atoms with van der Waals surface area (Å²) in [5.41, 5.74) is 1.88. The summed E-state index contributed by atoms with van der Waals surface area (Å²) >= 11 is 5.95. The number of nitrogens with zero attached hydrogens (tertiary/aromatic N) is 2. The van der Waals surface area contributed by atoms with Gasteiger partial charge in [-0.1, -0.05) is 55.8 Å². The van der Waals surface area contributed by atoms with E-state index in [1.165, 1.54) is 0 Å². The molecule has 0 saturated heterocycles. The van der Waals surface area contributed by atoms with E-state index in [4.69, 9.17) is 11.6 Å². The van der Waals surface area contributed by atoms with Crippen molar-refractivity contribution in [1.29, 1.82) is 0 Å². The van der Waals surface area contributed by atoms with Crippen LogP contribution in [0.4, 0.5) is 10.5 Å². The van der Waals surface area contributed by atoms with Crippen molar-refractivity contribution < 1.29 is 4.79 Å². The van der Waals surface area contributed by atoms with Crippen molar-refractivity contribution in [2.75, 3.05) is 25.0 Å². The maximum atomic E-state index is 13.0. The number of hydrogen-bond donors (Lipinski definition) is 1. The number of amides is 2. The number of carbonyl (C=O) groups excluding carboxylic acids is 1. The van der Waals surface area contributed by atoms with E-state index >= 15 is 0 Å². The van der Waals surface area contributed by atoms with E-state index in [1.54, 1.807) is 12.1 Å². The second-order valence-electron chi connectivity index (χ2n) is 7.07. The number of carbonyl (C=O) groups is 1. The number of urea groups is 1. The topological polar surface area (TPSA) is 35.6 Å². The molecule has 0 aliphatic carbocycles. The van der Waals surface area contributed by atoms with Gasteiger partial charge in [-0.3, -0.25) is 0 Å². The van der Waals surface area contributed by atoms with Crippen LogP contribution in [0.2, 0.25) is 5.02 Å². The Bertz CT molecular complexity index is 702. The molecule has 0 aliphatic rings. The van der Waals surface area contributed by atoms with E-state index in [0.29, 0.717) is 11.6 Å². The van der Waals surface area contributed by atoms with Gasteiger partial charge in [-0.25, -0.2) is 4.79 Å². The Morgan fingerprint density at radius 3 is 2.29 bits per heavy atom. The van der Waals surface area contributed by atoms with Crippen LogP contribution < -0.4 is 5.32 Å². The van der Waals surface area contributed by atoms with Crippen molar-refractivity contribution in [3.63, 3.8) is 0 Å². The number of rotatable bonds is 10. The third kappa shape index (κ3) is 7.17. The molecule has 2 aromatic rings. The average Bonchev–Trinajstić information content (AvgIpc) is 2.71. The maximum Gasteiger partial charge on any atom is 0.322 e. The van der Waals surface area contributed by atoms with E-state index in [9.17, 15) is 4.79 Å². The highest BCUT2D eigenvalue weighted by atomic mass is 35.5. The molecule has 5 heteroatoms. The maximum absolute atomic E-state index is 13.0. The minimum Gasteiger partial charge on any atom is -0.318 e. The Balaban J connectivity index is 2.04. The molecule has 152 valence electrons. The summed E-state index contributed by atoms with van der Waals surface area (Å²) in [6, 6.07) is 17.4. The van der Waals surface area contributed by atoms with Crippen LogP contribution >= 0.6 is 11.6 Å². The van der Waals surface area contributed by atoms with Crippen molar-refractivity contribution in [2.24, 2.45) is 0 Å². The molecule has 0 aliphatic heterocycles. The van der Waals surface area contributed by atoms with Crippen molar-refractivity contribution >= 4 is 23.3 Å². The first-order valence-corrected chi connectivity index (χ1v) is 10.5. The first-order chi connectivity index (χ1) is 13.5. The summed E-state index contributed by atoms with van der Waals surface area (Å²) in [4.78, 5) is 17.4. The molecule has 0 bridgehead atoms. The van der Waals surface area contributed by atoms with Crippen molar-refractivity contribution in [3.05, 3.63) is 65.2 Å². The predicted octanol–water partition coefficient (Wildman–Crippen LogP) is 5.88. The largest absolute Gasteiger partial charge is 0.322 e. The lowest BCUT2D eigenvalue weighted by Gasteiger charge is -2.30. The molecule has 0 spiro atoms. The van der Waals surface area contributed by atoms with Crippen molar-refractivity contribution in [2.45, 2.75) is 46.2 Å². The predicted molar refractivity (Wildman–Crippen MR) is 119 cm³/mol. The Labute approximate surface area is 174 Å². The van der Waals surface area contributed by atoms with Gasteiger partial charge in [0.1, 0.15) is 0 Å². The molecule has 0 heterocycles. The fourth-order valence-electron chi connectivity index (χ4n) is 3.24. The Morgan fingerprint density at radius 2 is 1.68 bits per heavy atom. The highest BCUT2D eigenvalue weighted by molar-refractivity contribution is 6.30. The molecule has 0 aromatic heterocycles. The first-order valence-electron chi connectivity index (χ1n) is 10.1. The van der Waals surface area contributed by atoms with Crippen molar-refractivity contribution in [1.82, 2.24) is 9.80 Å². The summed E-state index contributed by atoms with van der Waals surface area (Å²) in [6.07, 6.45) is 2.04. The molecule has 0 radical (unpaired) electrons. The molecular weight excluding hydrogens is 370 g/mol. The Kier molecular flexibility index (Phi) is 9.32. The standard InChI is InChI=1S/C23H32ClN3O/c1-4-26(5-2)17-9-10-19(3)27(18-20-11-7-6-8-12-20)23(28)25-22-15-13-21(24)14-16-22/h6-8,11-16,19H,4-5,9-10,17-18H2,1-3H3,(H,25,28)/t19-/m0/s1. The van der Waals surface area contributed by atoms with Gasteiger partial charge >= 0.3 is 6.03 Å². The van der Waals surface area contributed by atoms with E-state index in [-0.39, 0.29) is 12.1 Å². The molecule has 2 amide bonds. The Hall–Kier alpha value is -2.04. The highest BCUT2D eigenvalue weighted by Gasteiger charge is 2.20. The second kappa shape index (κ2) is 11.7. The van der Waals surface area contributed by atoms with Gasteiger partial charge in [0.2, 0.25) is 0 Å². The molecule has 0 saturated carbocycles. The van der Waals surface area contributed by atoms with Gasteiger partial charge in [-0.15, -0.1) is 0 Å². The van der Waals surface area contributed by atoms with Gasteiger partial charge in [-0.05, 0) is 69.2 Å². The van der Waals surface area contributed by atoms with E-state index in [0.717, 1.165) is 43.7 Å². The number of anilines is 1. The lowest BCUT2D eigenvalue weighted by molar-refractivity contribution is 0.181. The van der Waals surface area contributed by atoms with Gasteiger partial charge in [0.25, 0.3) is 0 Å². The fraction of sp³-hybridized carbons (Fsp3) is 0.435. The summed E-state index contributed by atoms with van der Waals surface area (Å²) in [7, 11) is 0. The van der Waals surface area contributed by atoms with Crippen LogP contribution in [0, 0.1) is 0 Å².